The van der Waals surface area contributed by atoms with E-state index in [1.807, 2.05) is 32.9 Å². The number of aryl methyl sites for hydroxylation is 3. The summed E-state index contributed by atoms with van der Waals surface area (Å²) in [7, 11) is 1.36. The lowest BCUT2D eigenvalue weighted by Crippen LogP contribution is -2.04. The minimum Gasteiger partial charge on any atom is -0.465 e. The second-order valence-electron chi connectivity index (χ2n) is 6.36. The number of ether oxygens (including phenoxy) is 1. The maximum Gasteiger partial charge on any atom is 0.337 e. The van der Waals surface area contributed by atoms with E-state index in [0.717, 1.165) is 28.2 Å². The molecule has 0 aliphatic carbocycles. The second-order valence-corrected chi connectivity index (χ2v) is 6.36. The van der Waals surface area contributed by atoms with Crippen molar-refractivity contribution in [3.8, 4) is 0 Å². The Balaban J connectivity index is 1.85. The van der Waals surface area contributed by atoms with Crippen LogP contribution in [0.15, 0.2) is 48.5 Å². The quantitative estimate of drug-likeness (QED) is 0.642. The number of methoxy groups -OCH3 is 1. The van der Waals surface area contributed by atoms with E-state index < -0.39 is 0 Å². The van der Waals surface area contributed by atoms with Gasteiger partial charge in [0.05, 0.1) is 12.7 Å². The van der Waals surface area contributed by atoms with Gasteiger partial charge >= 0.3 is 5.97 Å². The molecule has 0 atom stereocenters. The molecule has 0 spiro atoms. The average molecular weight is 362 g/mol. The molecule has 138 valence electrons. The molecule has 0 radical (unpaired) electrons. The highest BCUT2D eigenvalue weighted by Crippen LogP contribution is 2.22. The minimum atomic E-state index is -0.380. The molecule has 0 fully saturated rings. The molecule has 0 saturated carbocycles. The summed E-state index contributed by atoms with van der Waals surface area (Å²) in [5.74, 6) is 0.766. The Labute approximate surface area is 158 Å². The van der Waals surface area contributed by atoms with Gasteiger partial charge in [-0.2, -0.15) is 4.98 Å². The Bertz CT molecular complexity index is 986. The first-order valence-electron chi connectivity index (χ1n) is 8.60. The van der Waals surface area contributed by atoms with Gasteiger partial charge in [0.25, 0.3) is 0 Å². The molecule has 3 aromatic rings. The van der Waals surface area contributed by atoms with Gasteiger partial charge in [-0.25, -0.2) is 9.78 Å². The summed E-state index contributed by atoms with van der Waals surface area (Å²) in [5.41, 5.74) is 5.29. The standard InChI is InChI=1S/C21H22N4O2/c1-13-8-9-14(2)18(10-13)24-21-22-15(3)11-19(25-21)23-17-7-5-6-16(12-17)20(26)27-4/h5-12H,1-4H3,(H2,22,23,24,25). The topological polar surface area (TPSA) is 76.1 Å². The summed E-state index contributed by atoms with van der Waals surface area (Å²) in [5, 5.41) is 6.50. The number of aromatic nitrogens is 2. The van der Waals surface area contributed by atoms with Crippen molar-refractivity contribution >= 4 is 29.1 Å². The monoisotopic (exact) mass is 362 g/mol. The van der Waals surface area contributed by atoms with E-state index in [2.05, 4.69) is 38.8 Å². The molecule has 1 aromatic heterocycles. The normalized spacial score (nSPS) is 10.4. The van der Waals surface area contributed by atoms with Crippen molar-refractivity contribution in [2.24, 2.45) is 0 Å². The molecule has 6 nitrogen and oxygen atoms in total. The number of nitrogens with one attached hydrogen (secondary N) is 2. The summed E-state index contributed by atoms with van der Waals surface area (Å²) in [6, 6.07) is 15.1. The van der Waals surface area contributed by atoms with E-state index in [1.165, 1.54) is 7.11 Å². The number of carbonyl (C=O) groups is 1. The van der Waals surface area contributed by atoms with Gasteiger partial charge < -0.3 is 15.4 Å². The molecule has 0 amide bonds. The SMILES string of the molecule is COC(=O)c1cccc(Nc2cc(C)nc(Nc3cc(C)ccc3C)n2)c1. The van der Waals surface area contributed by atoms with Crippen molar-refractivity contribution in [1.82, 2.24) is 9.97 Å². The fourth-order valence-corrected chi connectivity index (χ4v) is 2.67. The summed E-state index contributed by atoms with van der Waals surface area (Å²) >= 11 is 0. The number of hydrogen-bond donors (Lipinski definition) is 2. The van der Waals surface area contributed by atoms with Crippen molar-refractivity contribution in [2.75, 3.05) is 17.7 Å². The van der Waals surface area contributed by atoms with Crippen LogP contribution in [0.3, 0.4) is 0 Å². The van der Waals surface area contributed by atoms with Gasteiger partial charge in [0, 0.05) is 23.1 Å². The third-order valence-electron chi connectivity index (χ3n) is 4.05. The highest BCUT2D eigenvalue weighted by molar-refractivity contribution is 5.90. The Hall–Kier alpha value is -3.41. The van der Waals surface area contributed by atoms with Crippen LogP contribution >= 0.6 is 0 Å². The van der Waals surface area contributed by atoms with Gasteiger partial charge in [0.1, 0.15) is 5.82 Å². The Morgan fingerprint density at radius 3 is 2.56 bits per heavy atom. The maximum atomic E-state index is 11.7. The molecule has 1 heterocycles. The average Bonchev–Trinajstić information content (AvgIpc) is 2.64. The van der Waals surface area contributed by atoms with Gasteiger partial charge in [-0.1, -0.05) is 18.2 Å². The van der Waals surface area contributed by atoms with Crippen molar-refractivity contribution < 1.29 is 9.53 Å². The van der Waals surface area contributed by atoms with E-state index in [4.69, 9.17) is 4.74 Å². The van der Waals surface area contributed by atoms with E-state index in [0.29, 0.717) is 17.3 Å². The zero-order valence-corrected chi connectivity index (χ0v) is 15.8. The van der Waals surface area contributed by atoms with Crippen LogP contribution in [0.5, 0.6) is 0 Å². The van der Waals surface area contributed by atoms with E-state index >= 15 is 0 Å². The lowest BCUT2D eigenvalue weighted by atomic mass is 10.1. The Kier molecular flexibility index (Phi) is 5.35. The summed E-state index contributed by atoms with van der Waals surface area (Å²) in [6.45, 7) is 5.99. The number of esters is 1. The molecule has 0 aliphatic heterocycles. The van der Waals surface area contributed by atoms with Gasteiger partial charge in [-0.05, 0) is 56.2 Å². The maximum absolute atomic E-state index is 11.7. The molecule has 2 N–H and O–H groups in total. The molecule has 0 aliphatic rings. The van der Waals surface area contributed by atoms with Gasteiger partial charge in [0.15, 0.2) is 0 Å². The molecular weight excluding hydrogens is 340 g/mol. The van der Waals surface area contributed by atoms with Crippen LogP contribution in [0.4, 0.5) is 23.1 Å². The van der Waals surface area contributed by atoms with Crippen LogP contribution in [0.1, 0.15) is 27.2 Å². The second kappa shape index (κ2) is 7.86. The van der Waals surface area contributed by atoms with Crippen molar-refractivity contribution in [3.63, 3.8) is 0 Å². The largest absolute Gasteiger partial charge is 0.465 e. The van der Waals surface area contributed by atoms with Crippen LogP contribution < -0.4 is 10.6 Å². The van der Waals surface area contributed by atoms with Crippen molar-refractivity contribution in [2.45, 2.75) is 20.8 Å². The Morgan fingerprint density at radius 2 is 1.78 bits per heavy atom. The molecule has 6 heteroatoms. The fraction of sp³-hybridized carbons (Fsp3) is 0.190. The minimum absolute atomic E-state index is 0.380. The highest BCUT2D eigenvalue weighted by atomic mass is 16.5. The lowest BCUT2D eigenvalue weighted by molar-refractivity contribution is 0.0601. The first-order chi connectivity index (χ1) is 12.9. The third kappa shape index (κ3) is 4.61. The summed E-state index contributed by atoms with van der Waals surface area (Å²) in [4.78, 5) is 20.7. The van der Waals surface area contributed by atoms with Crippen molar-refractivity contribution in [3.05, 3.63) is 70.9 Å². The predicted molar refractivity (Wildman–Crippen MR) is 107 cm³/mol. The van der Waals surface area contributed by atoms with Crippen LogP contribution in [0.2, 0.25) is 0 Å². The zero-order valence-electron chi connectivity index (χ0n) is 15.8. The molecule has 27 heavy (non-hydrogen) atoms. The summed E-state index contributed by atoms with van der Waals surface area (Å²) < 4.78 is 4.76. The van der Waals surface area contributed by atoms with Crippen molar-refractivity contribution in [1.29, 1.82) is 0 Å². The number of benzene rings is 2. The van der Waals surface area contributed by atoms with Crippen LogP contribution in [-0.2, 0) is 4.74 Å². The smallest absolute Gasteiger partial charge is 0.337 e. The molecule has 0 bridgehead atoms. The van der Waals surface area contributed by atoms with E-state index in [9.17, 15) is 4.79 Å². The number of nitrogens with zero attached hydrogens (tertiary/aromatic N) is 2. The highest BCUT2D eigenvalue weighted by Gasteiger charge is 2.08. The van der Waals surface area contributed by atoms with Crippen LogP contribution in [-0.4, -0.2) is 23.0 Å². The third-order valence-corrected chi connectivity index (χ3v) is 4.05. The Morgan fingerprint density at radius 1 is 0.963 bits per heavy atom. The molecule has 0 saturated heterocycles. The molecular formula is C21H22N4O2. The lowest BCUT2D eigenvalue weighted by Gasteiger charge is -2.12. The van der Waals surface area contributed by atoms with Gasteiger partial charge in [-0.15, -0.1) is 0 Å². The van der Waals surface area contributed by atoms with Crippen LogP contribution in [0.25, 0.3) is 0 Å². The van der Waals surface area contributed by atoms with Crippen LogP contribution in [0, 0.1) is 20.8 Å². The molecule has 2 aromatic carbocycles. The first kappa shape index (κ1) is 18.4. The zero-order chi connectivity index (χ0) is 19.4. The number of rotatable bonds is 5. The first-order valence-corrected chi connectivity index (χ1v) is 8.60. The number of carbonyl (C=O) groups excluding carboxylic acids is 1. The number of hydrogen-bond acceptors (Lipinski definition) is 6. The molecule has 3 rings (SSSR count). The van der Waals surface area contributed by atoms with E-state index in [-0.39, 0.29) is 5.97 Å². The predicted octanol–water partition coefficient (Wildman–Crippen LogP) is 4.68. The number of anilines is 4. The fourth-order valence-electron chi connectivity index (χ4n) is 2.67. The van der Waals surface area contributed by atoms with Gasteiger partial charge in [0.2, 0.25) is 5.95 Å². The van der Waals surface area contributed by atoms with E-state index in [1.54, 1.807) is 18.2 Å². The summed E-state index contributed by atoms with van der Waals surface area (Å²) in [6.07, 6.45) is 0. The molecule has 0 unspecified atom stereocenters. The van der Waals surface area contributed by atoms with Gasteiger partial charge in [-0.3, -0.25) is 0 Å².